The van der Waals surface area contributed by atoms with Gasteiger partial charge < -0.3 is 14.8 Å². The van der Waals surface area contributed by atoms with Crippen molar-refractivity contribution in [3.05, 3.63) is 47.0 Å². The number of methoxy groups -OCH3 is 2. The molecule has 1 aliphatic heterocycles. The van der Waals surface area contributed by atoms with Gasteiger partial charge in [0.15, 0.2) is 0 Å². The zero-order valence-corrected chi connectivity index (χ0v) is 17.8. The Kier molecular flexibility index (Phi) is 6.66. The molecule has 1 aliphatic rings. The summed E-state index contributed by atoms with van der Waals surface area (Å²) in [7, 11) is -0.672. The average Bonchev–Trinajstić information content (AvgIpc) is 2.74. The Hall–Kier alpha value is -2.29. The van der Waals surface area contributed by atoms with Gasteiger partial charge in [-0.25, -0.2) is 8.42 Å². The maximum Gasteiger partial charge on any atom is 0.257 e. The molecule has 0 atom stereocenters. The van der Waals surface area contributed by atoms with Gasteiger partial charge in [0.1, 0.15) is 11.5 Å². The Balaban J connectivity index is 1.89. The first-order valence-electron chi connectivity index (χ1n) is 9.20. The molecule has 1 heterocycles. The van der Waals surface area contributed by atoms with Crippen LogP contribution < -0.4 is 14.8 Å². The highest BCUT2D eigenvalue weighted by atomic mass is 35.5. The SMILES string of the molecule is COc1ccc(NC(=O)c2cc(S(=O)(=O)N3CCCCC3)ccc2Cl)c(OC)c1. The van der Waals surface area contributed by atoms with E-state index in [1.54, 1.807) is 18.2 Å². The molecule has 2 aromatic rings. The highest BCUT2D eigenvalue weighted by Gasteiger charge is 2.27. The molecule has 0 aromatic heterocycles. The van der Waals surface area contributed by atoms with Gasteiger partial charge in [0.2, 0.25) is 10.0 Å². The van der Waals surface area contributed by atoms with E-state index >= 15 is 0 Å². The third-order valence-electron chi connectivity index (χ3n) is 4.79. The molecular weight excluding hydrogens is 416 g/mol. The van der Waals surface area contributed by atoms with Crippen LogP contribution in [0.25, 0.3) is 0 Å². The van der Waals surface area contributed by atoms with Gasteiger partial charge in [-0.1, -0.05) is 18.0 Å². The van der Waals surface area contributed by atoms with Crippen molar-refractivity contribution in [2.75, 3.05) is 32.6 Å². The molecular formula is C20H23ClN2O5S. The van der Waals surface area contributed by atoms with Gasteiger partial charge in [-0.05, 0) is 43.2 Å². The largest absolute Gasteiger partial charge is 0.497 e. The molecule has 0 radical (unpaired) electrons. The molecule has 7 nitrogen and oxygen atoms in total. The standard InChI is InChI=1S/C20H23ClN2O5S/c1-27-14-6-9-18(19(12-14)28-2)22-20(24)16-13-15(7-8-17(16)21)29(25,26)23-10-4-3-5-11-23/h6-9,12-13H,3-5,10-11H2,1-2H3,(H,22,24). The quantitative estimate of drug-likeness (QED) is 0.741. The lowest BCUT2D eigenvalue weighted by molar-refractivity contribution is 0.102. The molecule has 0 bridgehead atoms. The second kappa shape index (κ2) is 9.02. The summed E-state index contributed by atoms with van der Waals surface area (Å²) in [6.07, 6.45) is 2.68. The lowest BCUT2D eigenvalue weighted by Gasteiger charge is -2.26. The molecule has 3 rings (SSSR count). The van der Waals surface area contributed by atoms with Crippen LogP contribution in [0.15, 0.2) is 41.3 Å². The average molecular weight is 439 g/mol. The third-order valence-corrected chi connectivity index (χ3v) is 7.02. The summed E-state index contributed by atoms with van der Waals surface area (Å²) in [5.74, 6) is 0.451. The predicted molar refractivity (Wildman–Crippen MR) is 112 cm³/mol. The minimum atomic E-state index is -3.68. The van der Waals surface area contributed by atoms with Crippen LogP contribution in [-0.2, 0) is 10.0 Å². The van der Waals surface area contributed by atoms with E-state index in [-0.39, 0.29) is 15.5 Å². The maximum absolute atomic E-state index is 12.9. The molecule has 1 amide bonds. The Morgan fingerprint density at radius 2 is 1.76 bits per heavy atom. The van der Waals surface area contributed by atoms with Crippen LogP contribution in [0.5, 0.6) is 11.5 Å². The van der Waals surface area contributed by atoms with Gasteiger partial charge >= 0.3 is 0 Å². The molecule has 2 aromatic carbocycles. The van der Waals surface area contributed by atoms with Gasteiger partial charge in [-0.15, -0.1) is 0 Å². The number of sulfonamides is 1. The second-order valence-corrected chi connectivity index (χ2v) is 8.97. The fourth-order valence-corrected chi connectivity index (χ4v) is 4.93. The van der Waals surface area contributed by atoms with Gasteiger partial charge in [0.05, 0.1) is 35.4 Å². The number of amides is 1. The van der Waals surface area contributed by atoms with E-state index in [0.717, 1.165) is 19.3 Å². The number of carbonyl (C=O) groups excluding carboxylic acids is 1. The maximum atomic E-state index is 12.9. The molecule has 29 heavy (non-hydrogen) atoms. The topological polar surface area (TPSA) is 84.9 Å². The minimum absolute atomic E-state index is 0.0515. The van der Waals surface area contributed by atoms with Crippen LogP contribution in [0, 0.1) is 0 Å². The number of rotatable bonds is 6. The van der Waals surface area contributed by atoms with Crippen LogP contribution in [0.4, 0.5) is 5.69 Å². The second-order valence-electron chi connectivity index (χ2n) is 6.63. The fourth-order valence-electron chi connectivity index (χ4n) is 3.18. The van der Waals surface area contributed by atoms with Gasteiger partial charge in [-0.2, -0.15) is 4.31 Å². The number of nitrogens with zero attached hydrogens (tertiary/aromatic N) is 1. The smallest absolute Gasteiger partial charge is 0.257 e. The van der Waals surface area contributed by atoms with Gasteiger partial charge in [0.25, 0.3) is 5.91 Å². The monoisotopic (exact) mass is 438 g/mol. The van der Waals surface area contributed by atoms with Crippen molar-refractivity contribution in [1.82, 2.24) is 4.31 Å². The molecule has 0 saturated carbocycles. The fraction of sp³-hybridized carbons (Fsp3) is 0.350. The molecule has 1 N–H and O–H groups in total. The summed E-state index contributed by atoms with van der Waals surface area (Å²) in [6.45, 7) is 0.963. The molecule has 0 aliphatic carbocycles. The first-order chi connectivity index (χ1) is 13.9. The number of piperidine rings is 1. The summed E-state index contributed by atoms with van der Waals surface area (Å²) in [5.41, 5.74) is 0.487. The summed E-state index contributed by atoms with van der Waals surface area (Å²) < 4.78 is 37.7. The zero-order chi connectivity index (χ0) is 21.0. The van der Waals surface area contributed by atoms with E-state index in [9.17, 15) is 13.2 Å². The van der Waals surface area contributed by atoms with Crippen molar-refractivity contribution >= 4 is 33.2 Å². The normalized spacial score (nSPS) is 15.0. The highest BCUT2D eigenvalue weighted by Crippen LogP contribution is 2.31. The minimum Gasteiger partial charge on any atom is -0.497 e. The van der Waals surface area contributed by atoms with Crippen molar-refractivity contribution in [1.29, 1.82) is 0 Å². The van der Waals surface area contributed by atoms with Crippen molar-refractivity contribution in [2.45, 2.75) is 24.2 Å². The lowest BCUT2D eigenvalue weighted by atomic mass is 10.2. The van der Waals surface area contributed by atoms with E-state index in [1.165, 1.54) is 36.7 Å². The van der Waals surface area contributed by atoms with Gasteiger partial charge in [-0.3, -0.25) is 4.79 Å². The van der Waals surface area contributed by atoms with Crippen molar-refractivity contribution < 1.29 is 22.7 Å². The predicted octanol–water partition coefficient (Wildman–Crippen LogP) is 3.78. The Morgan fingerprint density at radius 1 is 1.03 bits per heavy atom. The van der Waals surface area contributed by atoms with Gasteiger partial charge in [0, 0.05) is 19.2 Å². The molecule has 0 unspecified atom stereocenters. The van der Waals surface area contributed by atoms with Crippen LogP contribution in [0.2, 0.25) is 5.02 Å². The number of carbonyl (C=O) groups is 1. The van der Waals surface area contributed by atoms with E-state index < -0.39 is 15.9 Å². The van der Waals surface area contributed by atoms with Crippen LogP contribution in [0.3, 0.4) is 0 Å². The van der Waals surface area contributed by atoms with Crippen molar-refractivity contribution in [3.63, 3.8) is 0 Å². The Morgan fingerprint density at radius 3 is 2.41 bits per heavy atom. The third kappa shape index (κ3) is 4.66. The number of anilines is 1. The molecule has 156 valence electrons. The number of benzene rings is 2. The first-order valence-corrected chi connectivity index (χ1v) is 11.0. The summed E-state index contributed by atoms with van der Waals surface area (Å²) in [4.78, 5) is 12.9. The number of ether oxygens (including phenoxy) is 2. The van der Waals surface area contributed by atoms with Crippen molar-refractivity contribution in [2.24, 2.45) is 0 Å². The summed E-state index contributed by atoms with van der Waals surface area (Å²) >= 11 is 6.19. The number of nitrogens with one attached hydrogen (secondary N) is 1. The molecule has 9 heteroatoms. The van der Waals surface area contributed by atoms with E-state index in [2.05, 4.69) is 5.32 Å². The molecule has 1 fully saturated rings. The zero-order valence-electron chi connectivity index (χ0n) is 16.3. The van der Waals surface area contributed by atoms with Crippen LogP contribution >= 0.6 is 11.6 Å². The number of hydrogen-bond acceptors (Lipinski definition) is 5. The summed E-state index contributed by atoms with van der Waals surface area (Å²) in [6, 6.07) is 9.12. The highest BCUT2D eigenvalue weighted by molar-refractivity contribution is 7.89. The van der Waals surface area contributed by atoms with Crippen molar-refractivity contribution in [3.8, 4) is 11.5 Å². The number of hydrogen-bond donors (Lipinski definition) is 1. The molecule has 1 saturated heterocycles. The van der Waals surface area contributed by atoms with E-state index in [1.807, 2.05) is 0 Å². The Labute approximate surface area is 175 Å². The first kappa shape index (κ1) is 21.4. The van der Waals surface area contributed by atoms with Crippen LogP contribution in [0.1, 0.15) is 29.6 Å². The van der Waals surface area contributed by atoms with Crippen LogP contribution in [-0.4, -0.2) is 45.9 Å². The van der Waals surface area contributed by atoms with E-state index in [4.69, 9.17) is 21.1 Å². The number of halogens is 1. The van der Waals surface area contributed by atoms with E-state index in [0.29, 0.717) is 30.3 Å². The summed E-state index contributed by atoms with van der Waals surface area (Å²) in [5, 5.41) is 2.88. The lowest BCUT2D eigenvalue weighted by Crippen LogP contribution is -2.35. The Bertz CT molecular complexity index is 1000. The molecule has 0 spiro atoms.